The molecule has 0 aliphatic carbocycles. The molecule has 0 unspecified atom stereocenters. The Hall–Kier alpha value is -1.26. The molecule has 4 nitrogen and oxygen atoms in total. The molecule has 1 aromatic rings. The first-order valence-corrected chi connectivity index (χ1v) is 6.33. The number of nitrogens with one attached hydrogen (secondary N) is 1. The van der Waals surface area contributed by atoms with Gasteiger partial charge in [0.25, 0.3) is 5.91 Å². The van der Waals surface area contributed by atoms with Gasteiger partial charge in [-0.3, -0.25) is 4.79 Å². The highest BCUT2D eigenvalue weighted by Gasteiger charge is 2.20. The van der Waals surface area contributed by atoms with E-state index in [2.05, 4.69) is 5.32 Å². The fourth-order valence-electron chi connectivity index (χ4n) is 1.49. The van der Waals surface area contributed by atoms with Gasteiger partial charge in [0.15, 0.2) is 6.61 Å². The van der Waals surface area contributed by atoms with Crippen LogP contribution in [0.15, 0.2) is 30.3 Å². The molecule has 0 fully saturated rings. The van der Waals surface area contributed by atoms with Crippen molar-refractivity contribution in [1.29, 1.82) is 0 Å². The number of halogens is 1. The van der Waals surface area contributed by atoms with Crippen molar-refractivity contribution in [2.24, 2.45) is 5.73 Å². The van der Waals surface area contributed by atoms with Gasteiger partial charge in [0, 0.05) is 12.1 Å². The van der Waals surface area contributed by atoms with Gasteiger partial charge in [-0.1, -0.05) is 32.0 Å². The van der Waals surface area contributed by atoms with Crippen LogP contribution in [0.25, 0.3) is 0 Å². The normalized spacial score (nSPS) is 10.5. The number of ether oxygens (including phenoxy) is 1. The summed E-state index contributed by atoms with van der Waals surface area (Å²) in [6, 6.07) is 9.27. The molecule has 1 rings (SSSR count). The number of nitrogens with two attached hydrogens (primary N) is 1. The van der Waals surface area contributed by atoms with Crippen molar-refractivity contribution in [2.45, 2.75) is 32.2 Å². The van der Waals surface area contributed by atoms with Gasteiger partial charge in [0.05, 0.1) is 0 Å². The van der Waals surface area contributed by atoms with Gasteiger partial charge >= 0.3 is 0 Å². The van der Waals surface area contributed by atoms with Gasteiger partial charge < -0.3 is 15.8 Å². The number of benzene rings is 1. The van der Waals surface area contributed by atoms with Crippen molar-refractivity contribution in [3.05, 3.63) is 30.3 Å². The summed E-state index contributed by atoms with van der Waals surface area (Å²) in [6.45, 7) is 4.55. The Morgan fingerprint density at radius 3 is 2.37 bits per heavy atom. The van der Waals surface area contributed by atoms with E-state index in [0.717, 1.165) is 12.8 Å². The Bertz CT molecular complexity index is 367. The maximum absolute atomic E-state index is 11.6. The van der Waals surface area contributed by atoms with Gasteiger partial charge in [-0.25, -0.2) is 0 Å². The van der Waals surface area contributed by atoms with Crippen molar-refractivity contribution in [2.75, 3.05) is 13.2 Å². The summed E-state index contributed by atoms with van der Waals surface area (Å²) in [5, 5.41) is 2.81. The van der Waals surface area contributed by atoms with E-state index < -0.39 is 0 Å². The summed E-state index contributed by atoms with van der Waals surface area (Å²) in [5.41, 5.74) is 5.78. The fourth-order valence-corrected chi connectivity index (χ4v) is 1.49. The number of amides is 1. The molecule has 0 bridgehead atoms. The van der Waals surface area contributed by atoms with E-state index in [1.807, 2.05) is 44.2 Å². The van der Waals surface area contributed by atoms with E-state index in [-0.39, 0.29) is 30.5 Å². The van der Waals surface area contributed by atoms with E-state index in [9.17, 15) is 4.79 Å². The van der Waals surface area contributed by atoms with Crippen molar-refractivity contribution >= 4 is 18.3 Å². The average Bonchev–Trinajstić information content (AvgIpc) is 2.43. The molecule has 0 heterocycles. The Morgan fingerprint density at radius 2 is 1.84 bits per heavy atom. The molecular weight excluding hydrogens is 264 g/mol. The van der Waals surface area contributed by atoms with E-state index in [0.29, 0.717) is 12.3 Å². The number of hydrogen-bond donors (Lipinski definition) is 2. The lowest BCUT2D eigenvalue weighted by Crippen LogP contribution is -2.50. The van der Waals surface area contributed by atoms with Gasteiger partial charge in [0.2, 0.25) is 0 Å². The zero-order valence-electron chi connectivity index (χ0n) is 11.5. The second-order valence-electron chi connectivity index (χ2n) is 4.45. The summed E-state index contributed by atoms with van der Waals surface area (Å²) in [6.07, 6.45) is 1.67. The smallest absolute Gasteiger partial charge is 0.258 e. The first kappa shape index (κ1) is 17.7. The van der Waals surface area contributed by atoms with Crippen molar-refractivity contribution in [3.63, 3.8) is 0 Å². The van der Waals surface area contributed by atoms with Gasteiger partial charge in [-0.2, -0.15) is 0 Å². The van der Waals surface area contributed by atoms with Crippen LogP contribution in [-0.4, -0.2) is 24.6 Å². The van der Waals surface area contributed by atoms with E-state index in [4.69, 9.17) is 10.5 Å². The highest BCUT2D eigenvalue weighted by atomic mass is 35.5. The predicted octanol–water partition coefficient (Wildman–Crippen LogP) is 2.12. The Morgan fingerprint density at radius 1 is 1.26 bits per heavy atom. The SMILES string of the molecule is CCC(N)(CC)CNC(=O)COc1ccccc1.Cl. The minimum atomic E-state index is -0.317. The Kier molecular flexibility index (Phi) is 8.19. The highest BCUT2D eigenvalue weighted by Crippen LogP contribution is 2.10. The van der Waals surface area contributed by atoms with Crippen LogP contribution in [-0.2, 0) is 4.79 Å². The van der Waals surface area contributed by atoms with Crippen LogP contribution in [0.5, 0.6) is 5.75 Å². The Balaban J connectivity index is 0.00000324. The van der Waals surface area contributed by atoms with Crippen LogP contribution in [0, 0.1) is 0 Å². The van der Waals surface area contributed by atoms with E-state index >= 15 is 0 Å². The monoisotopic (exact) mass is 286 g/mol. The Labute approximate surface area is 121 Å². The molecule has 1 aromatic carbocycles. The summed E-state index contributed by atoms with van der Waals surface area (Å²) in [7, 11) is 0. The number of rotatable bonds is 7. The second kappa shape index (κ2) is 8.77. The van der Waals surface area contributed by atoms with Crippen molar-refractivity contribution < 1.29 is 9.53 Å². The molecule has 0 radical (unpaired) electrons. The lowest BCUT2D eigenvalue weighted by atomic mass is 9.94. The van der Waals surface area contributed by atoms with Crippen LogP contribution in [0.1, 0.15) is 26.7 Å². The fraction of sp³-hybridized carbons (Fsp3) is 0.500. The largest absolute Gasteiger partial charge is 0.484 e. The van der Waals surface area contributed by atoms with Gasteiger partial charge in [0.1, 0.15) is 5.75 Å². The third-order valence-electron chi connectivity index (χ3n) is 3.16. The number of hydrogen-bond acceptors (Lipinski definition) is 3. The second-order valence-corrected chi connectivity index (χ2v) is 4.45. The minimum Gasteiger partial charge on any atom is -0.484 e. The van der Waals surface area contributed by atoms with E-state index in [1.54, 1.807) is 0 Å². The molecule has 0 aliphatic heterocycles. The molecule has 5 heteroatoms. The first-order valence-electron chi connectivity index (χ1n) is 6.33. The third kappa shape index (κ3) is 6.45. The topological polar surface area (TPSA) is 64.3 Å². The van der Waals surface area contributed by atoms with E-state index in [1.165, 1.54) is 0 Å². The van der Waals surface area contributed by atoms with Crippen LogP contribution in [0.2, 0.25) is 0 Å². The molecule has 0 spiro atoms. The molecule has 0 aromatic heterocycles. The minimum absolute atomic E-state index is 0. The quantitative estimate of drug-likeness (QED) is 0.807. The molecule has 3 N–H and O–H groups in total. The first-order chi connectivity index (χ1) is 8.59. The molecule has 1 amide bonds. The highest BCUT2D eigenvalue weighted by molar-refractivity contribution is 5.85. The molecular formula is C14H23ClN2O2. The van der Waals surface area contributed by atoms with Crippen LogP contribution >= 0.6 is 12.4 Å². The molecule has 19 heavy (non-hydrogen) atoms. The van der Waals surface area contributed by atoms with Crippen molar-refractivity contribution in [1.82, 2.24) is 5.32 Å². The zero-order chi connectivity index (χ0) is 13.4. The van der Waals surface area contributed by atoms with Gasteiger partial charge in [-0.15, -0.1) is 12.4 Å². The lowest BCUT2D eigenvalue weighted by molar-refractivity contribution is -0.123. The zero-order valence-corrected chi connectivity index (χ0v) is 12.3. The van der Waals surface area contributed by atoms with Crippen LogP contribution in [0.4, 0.5) is 0 Å². The summed E-state index contributed by atoms with van der Waals surface area (Å²) in [5.74, 6) is 0.549. The number of carbonyl (C=O) groups excluding carboxylic acids is 1. The van der Waals surface area contributed by atoms with Crippen LogP contribution < -0.4 is 15.8 Å². The van der Waals surface area contributed by atoms with Crippen LogP contribution in [0.3, 0.4) is 0 Å². The summed E-state index contributed by atoms with van der Waals surface area (Å²) < 4.78 is 5.35. The molecule has 0 atom stereocenters. The summed E-state index contributed by atoms with van der Waals surface area (Å²) in [4.78, 5) is 11.6. The molecule has 0 aliphatic rings. The molecule has 0 saturated heterocycles. The van der Waals surface area contributed by atoms with Crippen molar-refractivity contribution in [3.8, 4) is 5.75 Å². The molecule has 0 saturated carbocycles. The molecule has 108 valence electrons. The maximum Gasteiger partial charge on any atom is 0.258 e. The third-order valence-corrected chi connectivity index (χ3v) is 3.16. The summed E-state index contributed by atoms with van der Waals surface area (Å²) >= 11 is 0. The average molecular weight is 287 g/mol. The maximum atomic E-state index is 11.6. The number of carbonyl (C=O) groups is 1. The number of para-hydroxylation sites is 1. The predicted molar refractivity (Wildman–Crippen MR) is 79.7 cm³/mol. The lowest BCUT2D eigenvalue weighted by Gasteiger charge is -2.26. The standard InChI is InChI=1S/C14H22N2O2.ClH/c1-3-14(15,4-2)11-16-13(17)10-18-12-8-6-5-7-9-12;/h5-9H,3-4,10-11,15H2,1-2H3,(H,16,17);1H. The van der Waals surface area contributed by atoms with Gasteiger partial charge in [-0.05, 0) is 25.0 Å².